The molecule has 1 aromatic heterocycles. The lowest BCUT2D eigenvalue weighted by Crippen LogP contribution is -3.00. The van der Waals surface area contributed by atoms with Crippen LogP contribution in [-0.2, 0) is 6.54 Å². The first-order valence-corrected chi connectivity index (χ1v) is 4.38. The molecule has 3 heteroatoms. The molecule has 1 N–H and O–H groups in total. The number of nitrogens with zero attached hydrogens (tertiary/aromatic N) is 1. The van der Waals surface area contributed by atoms with Gasteiger partial charge >= 0.3 is 0 Å². The van der Waals surface area contributed by atoms with Crippen LogP contribution < -0.4 is 17.0 Å². The van der Waals surface area contributed by atoms with E-state index in [1.165, 1.54) is 25.1 Å². The van der Waals surface area contributed by atoms with Crippen molar-refractivity contribution in [1.82, 2.24) is 4.98 Å². The Morgan fingerprint density at radius 3 is 2.67 bits per heavy atom. The molecule has 0 bridgehead atoms. The van der Waals surface area contributed by atoms with E-state index in [1.807, 2.05) is 6.20 Å². The number of hydrogen-bond acceptors (Lipinski definition) is 0. The Hall–Kier alpha value is -0.500. The Morgan fingerprint density at radius 2 is 2.17 bits per heavy atom. The average Bonchev–Trinajstić information content (AvgIpc) is 2.37. The fourth-order valence-corrected chi connectivity index (χ4v) is 1.22. The van der Waals surface area contributed by atoms with Crippen molar-refractivity contribution >= 4 is 0 Å². The summed E-state index contributed by atoms with van der Waals surface area (Å²) < 4.78 is 2.26. The van der Waals surface area contributed by atoms with Gasteiger partial charge in [-0.3, -0.25) is 0 Å². The van der Waals surface area contributed by atoms with Crippen LogP contribution in [0.2, 0.25) is 0 Å². The fourth-order valence-electron chi connectivity index (χ4n) is 1.22. The van der Waals surface area contributed by atoms with Crippen LogP contribution in [-0.4, -0.2) is 4.98 Å². The number of nitrogens with one attached hydrogen (secondary N) is 1. The van der Waals surface area contributed by atoms with Gasteiger partial charge in [0, 0.05) is 6.92 Å². The van der Waals surface area contributed by atoms with Gasteiger partial charge in [-0.25, -0.2) is 9.55 Å². The third kappa shape index (κ3) is 3.26. The molecule has 0 aliphatic carbocycles. The summed E-state index contributed by atoms with van der Waals surface area (Å²) in [5.41, 5.74) is 0. The van der Waals surface area contributed by atoms with E-state index in [0.29, 0.717) is 0 Å². The highest BCUT2D eigenvalue weighted by molar-refractivity contribution is 4.70. The Balaban J connectivity index is 0.00000121. The summed E-state index contributed by atoms with van der Waals surface area (Å²) in [5, 5.41) is 0. The number of imidazole rings is 1. The van der Waals surface area contributed by atoms with Crippen LogP contribution in [0, 0.1) is 6.92 Å². The number of hydrogen-bond donors (Lipinski definition) is 1. The lowest BCUT2D eigenvalue weighted by molar-refractivity contribution is -0.701. The highest BCUT2D eigenvalue weighted by Gasteiger charge is 2.01. The molecule has 0 unspecified atom stereocenters. The predicted molar refractivity (Wildman–Crippen MR) is 45.2 cm³/mol. The minimum atomic E-state index is 0. The van der Waals surface area contributed by atoms with E-state index in [4.69, 9.17) is 0 Å². The van der Waals surface area contributed by atoms with Crippen LogP contribution in [0.5, 0.6) is 0 Å². The van der Waals surface area contributed by atoms with E-state index in [9.17, 15) is 0 Å². The molecule has 0 aliphatic rings. The van der Waals surface area contributed by atoms with Gasteiger partial charge in [0.25, 0.3) is 5.82 Å². The number of aryl methyl sites for hydroxylation is 2. The SMILES string of the molecule is CCCCC[n+]1cc[nH]c1C.[Cl-]. The van der Waals surface area contributed by atoms with Gasteiger partial charge in [0.15, 0.2) is 0 Å². The topological polar surface area (TPSA) is 19.7 Å². The van der Waals surface area contributed by atoms with Crippen LogP contribution in [0.4, 0.5) is 0 Å². The van der Waals surface area contributed by atoms with Crippen LogP contribution in [0.1, 0.15) is 32.0 Å². The smallest absolute Gasteiger partial charge is 0.251 e. The van der Waals surface area contributed by atoms with Gasteiger partial charge < -0.3 is 12.4 Å². The van der Waals surface area contributed by atoms with Crippen molar-refractivity contribution in [2.24, 2.45) is 0 Å². The summed E-state index contributed by atoms with van der Waals surface area (Å²) in [4.78, 5) is 3.16. The molecule has 0 fully saturated rings. The van der Waals surface area contributed by atoms with Crippen molar-refractivity contribution in [2.75, 3.05) is 0 Å². The summed E-state index contributed by atoms with van der Waals surface area (Å²) in [5.74, 6) is 1.25. The van der Waals surface area contributed by atoms with Gasteiger partial charge in [0.2, 0.25) is 0 Å². The lowest BCUT2D eigenvalue weighted by atomic mass is 10.2. The van der Waals surface area contributed by atoms with Crippen molar-refractivity contribution in [2.45, 2.75) is 39.7 Å². The monoisotopic (exact) mass is 188 g/mol. The number of unbranched alkanes of at least 4 members (excludes halogenated alkanes) is 2. The molecule has 1 aromatic rings. The fraction of sp³-hybridized carbons (Fsp3) is 0.667. The van der Waals surface area contributed by atoms with Crippen molar-refractivity contribution < 1.29 is 17.0 Å². The molecule has 0 radical (unpaired) electrons. The van der Waals surface area contributed by atoms with E-state index in [1.54, 1.807) is 0 Å². The number of aromatic amines is 1. The zero-order chi connectivity index (χ0) is 8.10. The summed E-state index contributed by atoms with van der Waals surface area (Å²) in [6.07, 6.45) is 8.01. The second-order valence-corrected chi connectivity index (χ2v) is 2.95. The summed E-state index contributed by atoms with van der Waals surface area (Å²) >= 11 is 0. The van der Waals surface area contributed by atoms with Crippen LogP contribution in [0.25, 0.3) is 0 Å². The number of halogens is 1. The third-order valence-corrected chi connectivity index (χ3v) is 1.98. The highest BCUT2D eigenvalue weighted by atomic mass is 35.5. The van der Waals surface area contributed by atoms with Gasteiger partial charge in [0.05, 0.1) is 6.54 Å². The van der Waals surface area contributed by atoms with Crippen molar-refractivity contribution in [3.8, 4) is 0 Å². The maximum atomic E-state index is 3.16. The maximum absolute atomic E-state index is 3.16. The van der Waals surface area contributed by atoms with Crippen LogP contribution in [0.15, 0.2) is 12.4 Å². The van der Waals surface area contributed by atoms with Gasteiger partial charge in [-0.05, 0) is 12.8 Å². The molecule has 70 valence electrons. The molecule has 1 heterocycles. The standard InChI is InChI=1S/C9H16N2.ClH/c1-3-4-5-7-11-8-6-10-9(11)2;/h6,8H,3-5,7H2,1-2H3;1H. The lowest BCUT2D eigenvalue weighted by Gasteiger charge is -1.95. The average molecular weight is 189 g/mol. The van der Waals surface area contributed by atoms with E-state index in [2.05, 4.69) is 29.6 Å². The highest BCUT2D eigenvalue weighted by Crippen LogP contribution is 1.93. The number of H-pyrrole nitrogens is 1. The zero-order valence-corrected chi connectivity index (χ0v) is 8.56. The first kappa shape index (κ1) is 11.5. The molecule has 0 amide bonds. The van der Waals surface area contributed by atoms with E-state index >= 15 is 0 Å². The molecule has 0 saturated carbocycles. The summed E-state index contributed by atoms with van der Waals surface area (Å²) in [6, 6.07) is 0. The Kier molecular flexibility index (Phi) is 5.81. The van der Waals surface area contributed by atoms with E-state index in [-0.39, 0.29) is 12.4 Å². The van der Waals surface area contributed by atoms with Gasteiger partial charge in [-0.15, -0.1) is 0 Å². The Labute approximate surface area is 80.4 Å². The van der Waals surface area contributed by atoms with Gasteiger partial charge in [0.1, 0.15) is 12.4 Å². The Morgan fingerprint density at radius 1 is 1.42 bits per heavy atom. The molecular formula is C9H17ClN2. The second-order valence-electron chi connectivity index (χ2n) is 2.95. The maximum Gasteiger partial charge on any atom is 0.251 e. The molecule has 12 heavy (non-hydrogen) atoms. The molecular weight excluding hydrogens is 172 g/mol. The minimum Gasteiger partial charge on any atom is -1.00 e. The molecule has 0 aromatic carbocycles. The number of rotatable bonds is 4. The molecule has 0 atom stereocenters. The zero-order valence-electron chi connectivity index (χ0n) is 7.81. The van der Waals surface area contributed by atoms with Crippen LogP contribution >= 0.6 is 0 Å². The molecule has 1 rings (SSSR count). The van der Waals surface area contributed by atoms with Crippen molar-refractivity contribution in [3.63, 3.8) is 0 Å². The summed E-state index contributed by atoms with van der Waals surface area (Å²) in [6.45, 7) is 5.49. The predicted octanol–water partition coefficient (Wildman–Crippen LogP) is -1.20. The van der Waals surface area contributed by atoms with Crippen molar-refractivity contribution in [1.29, 1.82) is 0 Å². The van der Waals surface area contributed by atoms with Crippen molar-refractivity contribution in [3.05, 3.63) is 18.2 Å². The van der Waals surface area contributed by atoms with Crippen LogP contribution in [0.3, 0.4) is 0 Å². The summed E-state index contributed by atoms with van der Waals surface area (Å²) in [7, 11) is 0. The Bertz CT molecular complexity index is 208. The molecule has 0 saturated heterocycles. The largest absolute Gasteiger partial charge is 1.00 e. The first-order chi connectivity index (χ1) is 5.34. The van der Waals surface area contributed by atoms with Gasteiger partial charge in [-0.2, -0.15) is 0 Å². The van der Waals surface area contributed by atoms with E-state index < -0.39 is 0 Å². The van der Waals surface area contributed by atoms with E-state index in [0.717, 1.165) is 6.54 Å². The molecule has 0 spiro atoms. The normalized spacial score (nSPS) is 9.50. The minimum absolute atomic E-state index is 0. The molecule has 0 aliphatic heterocycles. The first-order valence-electron chi connectivity index (χ1n) is 4.38. The van der Waals surface area contributed by atoms with Gasteiger partial charge in [-0.1, -0.05) is 13.3 Å². The third-order valence-electron chi connectivity index (χ3n) is 1.98. The quantitative estimate of drug-likeness (QED) is 0.453. The second kappa shape index (κ2) is 6.06. The molecule has 2 nitrogen and oxygen atoms in total. The number of aromatic nitrogens is 2.